The Balaban J connectivity index is 2.06. The Kier molecular flexibility index (Phi) is 7.13. The molecule has 1 saturated heterocycles. The lowest BCUT2D eigenvalue weighted by molar-refractivity contribution is -0.896. The Morgan fingerprint density at radius 2 is 1.71 bits per heavy atom. The summed E-state index contributed by atoms with van der Waals surface area (Å²) >= 11 is 0. The number of rotatable bonds is 7. The van der Waals surface area contributed by atoms with E-state index in [2.05, 4.69) is 0 Å². The van der Waals surface area contributed by atoms with Crippen molar-refractivity contribution in [2.75, 3.05) is 32.7 Å². The second-order valence-electron chi connectivity index (χ2n) is 7.54. The maximum absolute atomic E-state index is 12.9. The molecule has 2 rings (SSSR count). The van der Waals surface area contributed by atoms with Crippen molar-refractivity contribution < 1.29 is 23.0 Å². The predicted molar refractivity (Wildman–Crippen MR) is 105 cm³/mol. The lowest BCUT2D eigenvalue weighted by atomic mass is 10.2. The molecule has 0 bridgehead atoms. The van der Waals surface area contributed by atoms with E-state index in [-0.39, 0.29) is 36.0 Å². The molecule has 1 aromatic carbocycles. The van der Waals surface area contributed by atoms with Gasteiger partial charge in [-0.25, -0.2) is 8.42 Å². The first kappa shape index (κ1) is 22.3. The van der Waals surface area contributed by atoms with Gasteiger partial charge in [0.25, 0.3) is 11.6 Å². The first-order valence-corrected chi connectivity index (χ1v) is 10.9. The number of piperazine rings is 1. The van der Waals surface area contributed by atoms with E-state index in [1.54, 1.807) is 0 Å². The topological polar surface area (TPSA) is 105 Å². The summed E-state index contributed by atoms with van der Waals surface area (Å²) in [5.74, 6) is 0.0509. The number of benzene rings is 1. The van der Waals surface area contributed by atoms with Gasteiger partial charge in [0, 0.05) is 18.2 Å². The van der Waals surface area contributed by atoms with Crippen LogP contribution in [-0.2, 0) is 14.8 Å². The van der Waals surface area contributed by atoms with Crippen molar-refractivity contribution in [3.8, 4) is 0 Å². The van der Waals surface area contributed by atoms with Crippen molar-refractivity contribution in [3.05, 3.63) is 34.4 Å². The van der Waals surface area contributed by atoms with Crippen LogP contribution < -0.4 is 4.90 Å². The minimum Gasteiger partial charge on any atom is -0.333 e. The molecule has 0 unspecified atom stereocenters. The lowest BCUT2D eigenvalue weighted by Crippen LogP contribution is -3.15. The average Bonchev–Trinajstić information content (AvgIpc) is 2.61. The zero-order chi connectivity index (χ0) is 21.1. The number of para-hydroxylation sites is 1. The Morgan fingerprint density at radius 1 is 1.18 bits per heavy atom. The van der Waals surface area contributed by atoms with Crippen LogP contribution >= 0.6 is 0 Å². The van der Waals surface area contributed by atoms with E-state index in [1.165, 1.54) is 28.6 Å². The third-order valence-corrected chi connectivity index (χ3v) is 6.86. The quantitative estimate of drug-likeness (QED) is 0.505. The summed E-state index contributed by atoms with van der Waals surface area (Å²) in [5, 5.41) is 11.2. The molecule has 1 aromatic rings. The second-order valence-corrected chi connectivity index (χ2v) is 9.45. The fourth-order valence-electron chi connectivity index (χ4n) is 3.66. The molecule has 0 spiro atoms. The minimum atomic E-state index is -3.95. The zero-order valence-electron chi connectivity index (χ0n) is 16.8. The second kappa shape index (κ2) is 8.97. The van der Waals surface area contributed by atoms with Crippen molar-refractivity contribution >= 4 is 21.6 Å². The summed E-state index contributed by atoms with van der Waals surface area (Å²) in [6, 6.07) is 5.59. The van der Waals surface area contributed by atoms with E-state index in [0.717, 1.165) is 4.90 Å². The van der Waals surface area contributed by atoms with Gasteiger partial charge in [-0.1, -0.05) is 12.1 Å². The van der Waals surface area contributed by atoms with Crippen LogP contribution in [0.4, 0.5) is 5.69 Å². The summed E-state index contributed by atoms with van der Waals surface area (Å²) in [7, 11) is -3.95. The number of hydrogen-bond donors (Lipinski definition) is 1. The van der Waals surface area contributed by atoms with Gasteiger partial charge < -0.3 is 9.80 Å². The Morgan fingerprint density at radius 3 is 2.21 bits per heavy atom. The molecule has 0 atom stereocenters. The van der Waals surface area contributed by atoms with E-state index in [9.17, 15) is 23.3 Å². The molecular formula is C18H29N4O5S+. The molecule has 1 aliphatic heterocycles. The van der Waals surface area contributed by atoms with E-state index < -0.39 is 20.6 Å². The van der Waals surface area contributed by atoms with Crippen LogP contribution in [0.1, 0.15) is 27.7 Å². The molecule has 156 valence electrons. The summed E-state index contributed by atoms with van der Waals surface area (Å²) in [6.45, 7) is 9.63. The lowest BCUT2D eigenvalue weighted by Gasteiger charge is -2.34. The number of quaternary nitrogens is 1. The molecule has 9 nitrogen and oxygen atoms in total. The van der Waals surface area contributed by atoms with Gasteiger partial charge in [-0.3, -0.25) is 14.9 Å². The van der Waals surface area contributed by atoms with Crippen LogP contribution in [-0.4, -0.2) is 73.3 Å². The molecule has 10 heteroatoms. The van der Waals surface area contributed by atoms with Gasteiger partial charge in [-0.05, 0) is 33.8 Å². The molecule has 0 radical (unpaired) electrons. The van der Waals surface area contributed by atoms with Crippen molar-refractivity contribution in [1.29, 1.82) is 0 Å². The number of carbonyl (C=O) groups excluding carboxylic acids is 1. The van der Waals surface area contributed by atoms with Crippen LogP contribution in [0.15, 0.2) is 29.2 Å². The smallest absolute Gasteiger partial charge is 0.289 e. The predicted octanol–water partition coefficient (Wildman–Crippen LogP) is 0.129. The monoisotopic (exact) mass is 413 g/mol. The maximum atomic E-state index is 12.9. The SMILES string of the molecule is CC(C)N(C(=O)C[NH+]1CCN(S(=O)(=O)c2ccccc2[N+](=O)[O-])CC1)C(C)C. The van der Waals surface area contributed by atoms with Crippen LogP contribution in [0.5, 0.6) is 0 Å². The van der Waals surface area contributed by atoms with Crippen LogP contribution in [0.3, 0.4) is 0 Å². The molecule has 0 aromatic heterocycles. The van der Waals surface area contributed by atoms with Gasteiger partial charge in [0.15, 0.2) is 11.4 Å². The first-order chi connectivity index (χ1) is 13.1. The van der Waals surface area contributed by atoms with E-state index in [4.69, 9.17) is 0 Å². The number of sulfonamides is 1. The molecule has 1 fully saturated rings. The molecule has 1 aliphatic rings. The standard InChI is InChI=1S/C18H28N4O5S/c1-14(2)21(15(3)4)18(23)13-19-9-11-20(12-10-19)28(26,27)17-8-6-5-7-16(17)22(24)25/h5-8,14-15H,9-13H2,1-4H3/p+1. The van der Waals surface area contributed by atoms with Gasteiger partial charge in [-0.15, -0.1) is 0 Å². The molecular weight excluding hydrogens is 384 g/mol. The number of nitrogens with one attached hydrogen (secondary N) is 1. The summed E-state index contributed by atoms with van der Waals surface area (Å²) in [6.07, 6.45) is 0. The molecule has 1 N–H and O–H groups in total. The van der Waals surface area contributed by atoms with Gasteiger partial charge in [-0.2, -0.15) is 4.31 Å². The third kappa shape index (κ3) is 4.86. The summed E-state index contributed by atoms with van der Waals surface area (Å²) < 4.78 is 27.0. The third-order valence-electron chi connectivity index (χ3n) is 4.91. The Hall–Kier alpha value is -2.04. The largest absolute Gasteiger partial charge is 0.333 e. The highest BCUT2D eigenvalue weighted by Crippen LogP contribution is 2.26. The number of hydrogen-bond acceptors (Lipinski definition) is 5. The van der Waals surface area contributed by atoms with Crippen molar-refractivity contribution in [3.63, 3.8) is 0 Å². The number of carbonyl (C=O) groups is 1. The van der Waals surface area contributed by atoms with Crippen molar-refractivity contribution in [2.45, 2.75) is 44.7 Å². The molecule has 0 aliphatic carbocycles. The molecule has 1 amide bonds. The van der Waals surface area contributed by atoms with Gasteiger partial charge in [0.05, 0.1) is 31.1 Å². The fraction of sp³-hybridized carbons (Fsp3) is 0.611. The summed E-state index contributed by atoms with van der Waals surface area (Å²) in [5.41, 5.74) is -0.419. The summed E-state index contributed by atoms with van der Waals surface area (Å²) in [4.78, 5) is 25.7. The highest BCUT2D eigenvalue weighted by molar-refractivity contribution is 7.89. The van der Waals surface area contributed by atoms with E-state index in [1.807, 2.05) is 32.6 Å². The van der Waals surface area contributed by atoms with Gasteiger partial charge in [0.2, 0.25) is 10.0 Å². The van der Waals surface area contributed by atoms with Crippen molar-refractivity contribution in [2.24, 2.45) is 0 Å². The van der Waals surface area contributed by atoms with E-state index in [0.29, 0.717) is 19.6 Å². The van der Waals surface area contributed by atoms with E-state index >= 15 is 0 Å². The van der Waals surface area contributed by atoms with Gasteiger partial charge in [0.1, 0.15) is 0 Å². The highest BCUT2D eigenvalue weighted by Gasteiger charge is 2.35. The minimum absolute atomic E-state index is 0.0509. The highest BCUT2D eigenvalue weighted by atomic mass is 32.2. The van der Waals surface area contributed by atoms with Crippen LogP contribution in [0, 0.1) is 10.1 Å². The number of nitro benzene ring substituents is 1. The zero-order valence-corrected chi connectivity index (χ0v) is 17.6. The number of nitrogens with zero attached hydrogens (tertiary/aromatic N) is 3. The molecule has 28 heavy (non-hydrogen) atoms. The number of nitro groups is 1. The fourth-order valence-corrected chi connectivity index (χ4v) is 5.26. The first-order valence-electron chi connectivity index (χ1n) is 9.44. The molecule has 1 heterocycles. The maximum Gasteiger partial charge on any atom is 0.289 e. The van der Waals surface area contributed by atoms with Crippen LogP contribution in [0.2, 0.25) is 0 Å². The normalized spacial score (nSPS) is 16.5. The number of amides is 1. The van der Waals surface area contributed by atoms with Crippen molar-refractivity contribution in [1.82, 2.24) is 9.21 Å². The Bertz CT molecular complexity index is 809. The Labute approximate surface area is 166 Å². The average molecular weight is 414 g/mol. The molecule has 0 saturated carbocycles. The van der Waals surface area contributed by atoms with Gasteiger partial charge >= 0.3 is 0 Å². The van der Waals surface area contributed by atoms with Crippen LogP contribution in [0.25, 0.3) is 0 Å².